The molecule has 0 amide bonds. The van der Waals surface area contributed by atoms with Crippen LogP contribution in [0.2, 0.25) is 0 Å². The van der Waals surface area contributed by atoms with E-state index in [-0.39, 0.29) is 11.2 Å². The van der Waals surface area contributed by atoms with E-state index >= 15 is 0 Å². The number of rotatable bonds is 0. The highest BCUT2D eigenvalue weighted by Gasteiger charge is 2.37. The first-order chi connectivity index (χ1) is 8.86. The molecule has 1 heterocycles. The van der Waals surface area contributed by atoms with Gasteiger partial charge in [0.2, 0.25) is 0 Å². The number of hydrogen-bond donors (Lipinski definition) is 0. The molecule has 1 aromatic heterocycles. The minimum atomic E-state index is -0.255. The van der Waals surface area contributed by atoms with Gasteiger partial charge >= 0.3 is 5.69 Å². The van der Waals surface area contributed by atoms with Crippen LogP contribution in [0.25, 0.3) is 11.1 Å². The Bertz CT molecular complexity index is 788. The van der Waals surface area contributed by atoms with E-state index in [0.29, 0.717) is 5.92 Å². The lowest BCUT2D eigenvalue weighted by Crippen LogP contribution is -2.39. The summed E-state index contributed by atoms with van der Waals surface area (Å²) in [5.41, 5.74) is 5.80. The molecule has 4 nitrogen and oxygen atoms in total. The van der Waals surface area contributed by atoms with Gasteiger partial charge in [0.1, 0.15) is 0 Å². The van der Waals surface area contributed by atoms with Crippen LogP contribution < -0.4 is 11.2 Å². The summed E-state index contributed by atoms with van der Waals surface area (Å²) >= 11 is 0. The zero-order valence-corrected chi connectivity index (χ0v) is 12.0. The van der Waals surface area contributed by atoms with Crippen LogP contribution in [-0.2, 0) is 14.1 Å². The Kier molecular flexibility index (Phi) is 2.31. The van der Waals surface area contributed by atoms with Crippen molar-refractivity contribution in [1.82, 2.24) is 9.13 Å². The van der Waals surface area contributed by atoms with Crippen molar-refractivity contribution in [3.05, 3.63) is 43.2 Å². The molecule has 0 fully saturated rings. The molecule has 1 atom stereocenters. The van der Waals surface area contributed by atoms with Crippen molar-refractivity contribution >= 4 is 11.1 Å². The second kappa shape index (κ2) is 3.59. The molecule has 0 radical (unpaired) electrons. The van der Waals surface area contributed by atoms with Gasteiger partial charge in [-0.3, -0.25) is 13.9 Å². The molecule has 2 aliphatic rings. The van der Waals surface area contributed by atoms with Crippen LogP contribution in [0.15, 0.2) is 20.7 Å². The van der Waals surface area contributed by atoms with Gasteiger partial charge in [-0.05, 0) is 42.9 Å². The van der Waals surface area contributed by atoms with E-state index in [1.807, 2.05) is 6.92 Å². The maximum absolute atomic E-state index is 12.5. The van der Waals surface area contributed by atoms with E-state index < -0.39 is 0 Å². The highest BCUT2D eigenvalue weighted by molar-refractivity contribution is 6.01. The summed E-state index contributed by atoms with van der Waals surface area (Å²) in [7, 11) is 3.29. The Balaban J connectivity index is 2.54. The highest BCUT2D eigenvalue weighted by Crippen LogP contribution is 2.50. The molecular weight excluding hydrogens is 240 g/mol. The SMILES string of the molecule is CC1=C2C(=C(C)c3c2c(=O)n(C)c(=O)n3C)C(C)C1. The van der Waals surface area contributed by atoms with E-state index in [0.717, 1.165) is 28.8 Å². The first-order valence-corrected chi connectivity index (χ1v) is 6.57. The summed E-state index contributed by atoms with van der Waals surface area (Å²) in [6.45, 7) is 6.30. The number of aromatic nitrogens is 2. The molecule has 0 spiro atoms. The largest absolute Gasteiger partial charge is 0.330 e. The lowest BCUT2D eigenvalue weighted by Gasteiger charge is -2.11. The predicted octanol–water partition coefficient (Wildman–Crippen LogP) is 1.68. The van der Waals surface area contributed by atoms with E-state index in [4.69, 9.17) is 0 Å². The van der Waals surface area contributed by atoms with Crippen LogP contribution in [0.1, 0.15) is 38.4 Å². The molecule has 1 aromatic rings. The van der Waals surface area contributed by atoms with Crippen molar-refractivity contribution < 1.29 is 0 Å². The van der Waals surface area contributed by atoms with Gasteiger partial charge in [0.15, 0.2) is 0 Å². The van der Waals surface area contributed by atoms with Crippen LogP contribution >= 0.6 is 0 Å². The second-order valence-corrected chi connectivity index (χ2v) is 5.73. The highest BCUT2D eigenvalue weighted by atomic mass is 16.2. The summed E-state index contributed by atoms with van der Waals surface area (Å²) in [5, 5.41) is 0. The summed E-state index contributed by atoms with van der Waals surface area (Å²) in [6.07, 6.45) is 1.01. The topological polar surface area (TPSA) is 44.0 Å². The monoisotopic (exact) mass is 258 g/mol. The van der Waals surface area contributed by atoms with E-state index in [1.165, 1.54) is 15.7 Å². The Hall–Kier alpha value is -1.84. The number of nitrogens with zero attached hydrogens (tertiary/aromatic N) is 2. The molecule has 0 bridgehead atoms. The number of allylic oxidation sites excluding steroid dienone is 4. The fourth-order valence-electron chi connectivity index (χ4n) is 3.68. The van der Waals surface area contributed by atoms with Gasteiger partial charge in [-0.1, -0.05) is 12.5 Å². The third kappa shape index (κ3) is 1.29. The lowest BCUT2D eigenvalue weighted by molar-refractivity contribution is 0.675. The minimum Gasteiger partial charge on any atom is -0.296 e. The standard InChI is InChI=1S/C15H18N2O2/c1-7-6-8(2)11-10(7)9(3)13-12(11)14(18)17(5)15(19)16(13)4/h7H,6H2,1-5H3. The molecule has 0 N–H and O–H groups in total. The van der Waals surface area contributed by atoms with Gasteiger partial charge in [0.05, 0.1) is 11.3 Å². The second-order valence-electron chi connectivity index (χ2n) is 5.73. The maximum Gasteiger partial charge on any atom is 0.330 e. The molecule has 1 unspecified atom stereocenters. The van der Waals surface area contributed by atoms with Crippen molar-refractivity contribution in [3.63, 3.8) is 0 Å². The molecule has 2 aliphatic carbocycles. The predicted molar refractivity (Wildman–Crippen MR) is 75.9 cm³/mol. The van der Waals surface area contributed by atoms with Gasteiger partial charge in [-0.25, -0.2) is 4.79 Å². The van der Waals surface area contributed by atoms with Crippen molar-refractivity contribution in [3.8, 4) is 0 Å². The third-order valence-electron chi connectivity index (χ3n) is 4.48. The van der Waals surface area contributed by atoms with Gasteiger partial charge in [0.25, 0.3) is 5.56 Å². The van der Waals surface area contributed by atoms with Crippen molar-refractivity contribution in [1.29, 1.82) is 0 Å². The molecule has 0 aromatic carbocycles. The summed E-state index contributed by atoms with van der Waals surface area (Å²) < 4.78 is 2.81. The molecule has 4 heteroatoms. The normalized spacial score (nSPS) is 21.2. The first-order valence-electron chi connectivity index (χ1n) is 6.57. The molecule has 3 rings (SSSR count). The molecule has 100 valence electrons. The van der Waals surface area contributed by atoms with Gasteiger partial charge in [-0.2, -0.15) is 0 Å². The smallest absolute Gasteiger partial charge is 0.296 e. The van der Waals surface area contributed by atoms with Crippen LogP contribution in [0.5, 0.6) is 0 Å². The number of fused-ring (bicyclic) bond motifs is 3. The van der Waals surface area contributed by atoms with Crippen LogP contribution in [0, 0.1) is 5.92 Å². The van der Waals surface area contributed by atoms with E-state index in [9.17, 15) is 9.59 Å². The fourth-order valence-corrected chi connectivity index (χ4v) is 3.68. The summed E-state index contributed by atoms with van der Waals surface area (Å²) in [6, 6.07) is 0. The Morgan fingerprint density at radius 3 is 2.37 bits per heavy atom. The fraction of sp³-hybridized carbons (Fsp3) is 0.467. The Morgan fingerprint density at radius 2 is 1.74 bits per heavy atom. The van der Waals surface area contributed by atoms with Crippen LogP contribution in [0.3, 0.4) is 0 Å². The summed E-state index contributed by atoms with van der Waals surface area (Å²) in [5.74, 6) is 0.433. The zero-order chi connectivity index (χ0) is 14.1. The Morgan fingerprint density at radius 1 is 1.11 bits per heavy atom. The van der Waals surface area contributed by atoms with Gasteiger partial charge in [0, 0.05) is 14.1 Å². The molecule has 19 heavy (non-hydrogen) atoms. The molecule has 0 aliphatic heterocycles. The van der Waals surface area contributed by atoms with E-state index in [1.54, 1.807) is 18.7 Å². The Labute approximate surface area is 111 Å². The van der Waals surface area contributed by atoms with E-state index in [2.05, 4.69) is 13.8 Å². The quantitative estimate of drug-likeness (QED) is 0.710. The van der Waals surface area contributed by atoms with Crippen molar-refractivity contribution in [2.24, 2.45) is 20.0 Å². The summed E-state index contributed by atoms with van der Waals surface area (Å²) in [4.78, 5) is 24.5. The zero-order valence-electron chi connectivity index (χ0n) is 12.0. The van der Waals surface area contributed by atoms with Gasteiger partial charge < -0.3 is 0 Å². The minimum absolute atomic E-state index is 0.170. The maximum atomic E-state index is 12.5. The molecule has 0 saturated heterocycles. The van der Waals surface area contributed by atoms with Crippen molar-refractivity contribution in [2.45, 2.75) is 27.2 Å². The molecular formula is C15H18N2O2. The average molecular weight is 258 g/mol. The number of hydrogen-bond acceptors (Lipinski definition) is 2. The molecule has 0 saturated carbocycles. The average Bonchev–Trinajstić information content (AvgIpc) is 2.82. The third-order valence-corrected chi connectivity index (χ3v) is 4.48. The van der Waals surface area contributed by atoms with Crippen molar-refractivity contribution in [2.75, 3.05) is 0 Å². The van der Waals surface area contributed by atoms with Gasteiger partial charge in [-0.15, -0.1) is 0 Å². The first kappa shape index (κ1) is 12.2. The van der Waals surface area contributed by atoms with Crippen LogP contribution in [0.4, 0.5) is 0 Å². The lowest BCUT2D eigenvalue weighted by atomic mass is 9.99. The van der Waals surface area contributed by atoms with Crippen LogP contribution in [-0.4, -0.2) is 9.13 Å².